The normalized spacial score (nSPS) is 16.6. The third-order valence-electron chi connectivity index (χ3n) is 3.33. The van der Waals surface area contributed by atoms with E-state index in [1.54, 1.807) is 15.5 Å². The van der Waals surface area contributed by atoms with E-state index >= 15 is 0 Å². The number of ether oxygens (including phenoxy) is 1. The molecule has 0 aromatic carbocycles. The molecule has 19 heavy (non-hydrogen) atoms. The second kappa shape index (κ2) is 5.88. The van der Waals surface area contributed by atoms with E-state index in [9.17, 15) is 9.59 Å². The van der Waals surface area contributed by atoms with Crippen molar-refractivity contribution in [1.82, 2.24) is 9.47 Å². The van der Waals surface area contributed by atoms with Crippen molar-refractivity contribution >= 4 is 11.9 Å². The Morgan fingerprint density at radius 1 is 1.42 bits per heavy atom. The van der Waals surface area contributed by atoms with Gasteiger partial charge in [0.15, 0.2) is 0 Å². The molecule has 0 bridgehead atoms. The highest BCUT2D eigenvalue weighted by Gasteiger charge is 2.25. The van der Waals surface area contributed by atoms with Crippen LogP contribution in [0.5, 0.6) is 0 Å². The smallest absolute Gasteiger partial charge is 0.329 e. The fourth-order valence-corrected chi connectivity index (χ4v) is 2.26. The summed E-state index contributed by atoms with van der Waals surface area (Å²) in [6, 6.07) is 3.64. The lowest BCUT2D eigenvalue weighted by Crippen LogP contribution is -2.41. The van der Waals surface area contributed by atoms with E-state index in [4.69, 9.17) is 9.84 Å². The number of amides is 1. The molecule has 1 N–H and O–H groups in total. The average molecular weight is 266 g/mol. The van der Waals surface area contributed by atoms with Crippen LogP contribution < -0.4 is 0 Å². The summed E-state index contributed by atoms with van der Waals surface area (Å²) >= 11 is 0. The molecule has 1 aliphatic heterocycles. The van der Waals surface area contributed by atoms with Crippen molar-refractivity contribution in [2.45, 2.75) is 18.9 Å². The van der Waals surface area contributed by atoms with Crippen LogP contribution in [-0.2, 0) is 16.6 Å². The number of hydrogen-bond acceptors (Lipinski definition) is 3. The number of aliphatic carboxylic acids is 1. The maximum atomic E-state index is 12.2. The Hall–Kier alpha value is -1.82. The molecule has 1 amide bonds. The van der Waals surface area contributed by atoms with Gasteiger partial charge in [-0.05, 0) is 25.0 Å². The van der Waals surface area contributed by atoms with E-state index in [0.717, 1.165) is 0 Å². The maximum absolute atomic E-state index is 12.2. The number of piperidine rings is 1. The van der Waals surface area contributed by atoms with Crippen molar-refractivity contribution in [3.05, 3.63) is 24.0 Å². The van der Waals surface area contributed by atoms with Gasteiger partial charge in [0.1, 0.15) is 12.3 Å². The van der Waals surface area contributed by atoms with Gasteiger partial charge < -0.3 is 19.3 Å². The van der Waals surface area contributed by atoms with Crippen LogP contribution in [0.15, 0.2) is 18.3 Å². The van der Waals surface area contributed by atoms with E-state index in [1.807, 2.05) is 19.3 Å². The summed E-state index contributed by atoms with van der Waals surface area (Å²) in [6.07, 6.45) is 3.15. The van der Waals surface area contributed by atoms with Crippen LogP contribution >= 0.6 is 0 Å². The van der Waals surface area contributed by atoms with Crippen LogP contribution in [0.25, 0.3) is 0 Å². The van der Waals surface area contributed by atoms with E-state index < -0.39 is 5.97 Å². The molecule has 2 heterocycles. The molecule has 1 aliphatic rings. The Kier molecular flexibility index (Phi) is 4.21. The van der Waals surface area contributed by atoms with Crippen LogP contribution in [0.1, 0.15) is 23.3 Å². The van der Waals surface area contributed by atoms with Crippen molar-refractivity contribution in [2.24, 2.45) is 7.05 Å². The third-order valence-corrected chi connectivity index (χ3v) is 3.33. The SMILES string of the molecule is Cn1cccc1C(=O)N1CCC(OCC(=O)O)CC1. The number of hydrogen-bond donors (Lipinski definition) is 1. The summed E-state index contributed by atoms with van der Waals surface area (Å²) in [5.41, 5.74) is 0.671. The van der Waals surface area contributed by atoms with Crippen LogP contribution in [-0.4, -0.2) is 52.3 Å². The first-order valence-electron chi connectivity index (χ1n) is 6.32. The highest BCUT2D eigenvalue weighted by Crippen LogP contribution is 2.16. The number of rotatable bonds is 4. The number of carboxylic acid groups (broad SMARTS) is 1. The third kappa shape index (κ3) is 3.35. The van der Waals surface area contributed by atoms with Crippen molar-refractivity contribution < 1.29 is 19.4 Å². The van der Waals surface area contributed by atoms with Crippen LogP contribution in [0, 0.1) is 0 Å². The van der Waals surface area contributed by atoms with E-state index in [0.29, 0.717) is 31.6 Å². The zero-order valence-corrected chi connectivity index (χ0v) is 10.9. The molecule has 0 radical (unpaired) electrons. The largest absolute Gasteiger partial charge is 0.480 e. The number of carboxylic acids is 1. The quantitative estimate of drug-likeness (QED) is 0.872. The first kappa shape index (κ1) is 13.6. The average Bonchev–Trinajstić information content (AvgIpc) is 2.82. The fourth-order valence-electron chi connectivity index (χ4n) is 2.26. The maximum Gasteiger partial charge on any atom is 0.329 e. The number of carbonyl (C=O) groups excluding carboxylic acids is 1. The summed E-state index contributed by atoms with van der Waals surface area (Å²) in [5, 5.41) is 8.55. The molecular weight excluding hydrogens is 248 g/mol. The van der Waals surface area contributed by atoms with Gasteiger partial charge in [-0.25, -0.2) is 4.79 Å². The van der Waals surface area contributed by atoms with Gasteiger partial charge in [0.25, 0.3) is 5.91 Å². The second-order valence-electron chi connectivity index (χ2n) is 4.70. The van der Waals surface area contributed by atoms with Crippen LogP contribution in [0.2, 0.25) is 0 Å². The first-order chi connectivity index (χ1) is 9.08. The van der Waals surface area contributed by atoms with E-state index in [-0.39, 0.29) is 18.6 Å². The Morgan fingerprint density at radius 3 is 2.63 bits per heavy atom. The monoisotopic (exact) mass is 266 g/mol. The Morgan fingerprint density at radius 2 is 2.11 bits per heavy atom. The molecule has 0 spiro atoms. The summed E-state index contributed by atoms with van der Waals surface area (Å²) < 4.78 is 7.05. The number of aryl methyl sites for hydroxylation is 1. The zero-order chi connectivity index (χ0) is 13.8. The Labute approximate surface area is 111 Å². The van der Waals surface area contributed by atoms with Crippen molar-refractivity contribution in [1.29, 1.82) is 0 Å². The number of carbonyl (C=O) groups is 2. The lowest BCUT2D eigenvalue weighted by molar-refractivity contribution is -0.145. The summed E-state index contributed by atoms with van der Waals surface area (Å²) in [4.78, 5) is 24.4. The minimum Gasteiger partial charge on any atom is -0.480 e. The minimum atomic E-state index is -0.956. The van der Waals surface area contributed by atoms with Crippen molar-refractivity contribution in [3.8, 4) is 0 Å². The van der Waals surface area contributed by atoms with Crippen molar-refractivity contribution in [2.75, 3.05) is 19.7 Å². The molecule has 6 nitrogen and oxygen atoms in total. The van der Waals surface area contributed by atoms with E-state index in [1.165, 1.54) is 0 Å². The molecule has 1 fully saturated rings. The van der Waals surface area contributed by atoms with Gasteiger partial charge in [-0.1, -0.05) is 0 Å². The lowest BCUT2D eigenvalue weighted by Gasteiger charge is -2.31. The molecular formula is C13H18N2O4. The second-order valence-corrected chi connectivity index (χ2v) is 4.70. The van der Waals surface area contributed by atoms with E-state index in [2.05, 4.69) is 0 Å². The van der Waals surface area contributed by atoms with Gasteiger partial charge >= 0.3 is 5.97 Å². The highest BCUT2D eigenvalue weighted by molar-refractivity contribution is 5.92. The molecule has 0 aliphatic carbocycles. The van der Waals surface area contributed by atoms with Crippen molar-refractivity contribution in [3.63, 3.8) is 0 Å². The van der Waals surface area contributed by atoms with Gasteiger partial charge in [-0.3, -0.25) is 4.79 Å². The summed E-state index contributed by atoms with van der Waals surface area (Å²) in [7, 11) is 1.84. The van der Waals surface area contributed by atoms with Gasteiger partial charge in [0.2, 0.25) is 0 Å². The Bertz CT molecular complexity index is 461. The molecule has 1 aromatic heterocycles. The topological polar surface area (TPSA) is 71.8 Å². The predicted molar refractivity (Wildman–Crippen MR) is 67.9 cm³/mol. The zero-order valence-electron chi connectivity index (χ0n) is 10.9. The first-order valence-corrected chi connectivity index (χ1v) is 6.32. The standard InChI is InChI=1S/C13H18N2O4/c1-14-6-2-3-11(14)13(18)15-7-4-10(5-8-15)19-9-12(16)17/h2-3,6,10H,4-5,7-9H2,1H3,(H,16,17). The molecule has 6 heteroatoms. The lowest BCUT2D eigenvalue weighted by atomic mass is 10.1. The number of aromatic nitrogens is 1. The molecule has 0 unspecified atom stereocenters. The fraction of sp³-hybridized carbons (Fsp3) is 0.538. The summed E-state index contributed by atoms with van der Waals surface area (Å²) in [5.74, 6) is -0.938. The van der Waals surface area contributed by atoms with Gasteiger partial charge in [0, 0.05) is 26.3 Å². The predicted octanol–water partition coefficient (Wildman–Crippen LogP) is 0.731. The van der Waals surface area contributed by atoms with Gasteiger partial charge in [-0.15, -0.1) is 0 Å². The number of nitrogens with zero attached hydrogens (tertiary/aromatic N) is 2. The number of likely N-dealkylation sites (tertiary alicyclic amines) is 1. The molecule has 1 saturated heterocycles. The molecule has 104 valence electrons. The molecule has 0 saturated carbocycles. The van der Waals surface area contributed by atoms with Gasteiger partial charge in [-0.2, -0.15) is 0 Å². The highest BCUT2D eigenvalue weighted by atomic mass is 16.5. The summed E-state index contributed by atoms with van der Waals surface area (Å²) in [6.45, 7) is 0.943. The molecule has 2 rings (SSSR count). The molecule has 1 aromatic rings. The van der Waals surface area contributed by atoms with Gasteiger partial charge in [0.05, 0.1) is 6.10 Å². The van der Waals surface area contributed by atoms with Crippen LogP contribution in [0.4, 0.5) is 0 Å². The molecule has 0 atom stereocenters. The minimum absolute atomic E-state index is 0.0178. The Balaban J connectivity index is 1.85. The van der Waals surface area contributed by atoms with Crippen LogP contribution in [0.3, 0.4) is 0 Å².